The van der Waals surface area contributed by atoms with Crippen LogP contribution in [0.2, 0.25) is 0 Å². The minimum absolute atomic E-state index is 0.0390. The van der Waals surface area contributed by atoms with Crippen molar-refractivity contribution < 1.29 is 18.9 Å². The molecule has 1 heterocycles. The van der Waals surface area contributed by atoms with Crippen LogP contribution in [0.3, 0.4) is 0 Å². The fraction of sp³-hybridized carbons (Fsp3) is 0.0769. The number of nitro benzene ring substituents is 1. The third kappa shape index (κ3) is 5.96. The molecule has 0 aliphatic heterocycles. The van der Waals surface area contributed by atoms with Gasteiger partial charge in [-0.05, 0) is 54.4 Å². The van der Waals surface area contributed by atoms with Crippen molar-refractivity contribution in [1.82, 2.24) is 0 Å². The van der Waals surface area contributed by atoms with Gasteiger partial charge in [0.05, 0.1) is 11.2 Å². The van der Waals surface area contributed by atoms with Crippen LogP contribution >= 0.6 is 11.8 Å². The second kappa shape index (κ2) is 10.7. The van der Waals surface area contributed by atoms with E-state index in [9.17, 15) is 19.7 Å². The zero-order chi connectivity index (χ0) is 24.8. The number of thioether (sulfide) groups is 1. The average Bonchev–Trinajstić information content (AvgIpc) is 3.40. The molecular formula is C26H21N3O5S. The van der Waals surface area contributed by atoms with Crippen LogP contribution in [-0.4, -0.2) is 16.7 Å². The molecule has 8 nitrogen and oxygen atoms in total. The van der Waals surface area contributed by atoms with Crippen LogP contribution in [0.5, 0.6) is 0 Å². The highest BCUT2D eigenvalue weighted by molar-refractivity contribution is 8.00. The highest BCUT2D eigenvalue weighted by Crippen LogP contribution is 2.37. The Morgan fingerprint density at radius 2 is 1.74 bits per heavy atom. The second-order valence-corrected chi connectivity index (χ2v) is 8.79. The number of nitrogens with one attached hydrogen (secondary N) is 2. The van der Waals surface area contributed by atoms with Crippen molar-refractivity contribution >= 4 is 40.6 Å². The maximum Gasteiger partial charge on any atom is 0.291 e. The van der Waals surface area contributed by atoms with Gasteiger partial charge in [-0.25, -0.2) is 0 Å². The minimum Gasteiger partial charge on any atom is -0.459 e. The molecule has 9 heteroatoms. The summed E-state index contributed by atoms with van der Waals surface area (Å²) in [5.74, 6) is -0.450. The lowest BCUT2D eigenvalue weighted by molar-refractivity contribution is -0.384. The summed E-state index contributed by atoms with van der Waals surface area (Å²) in [4.78, 5) is 37.0. The van der Waals surface area contributed by atoms with Crippen molar-refractivity contribution in [2.75, 3.05) is 10.6 Å². The van der Waals surface area contributed by atoms with E-state index in [2.05, 4.69) is 10.6 Å². The van der Waals surface area contributed by atoms with E-state index in [1.807, 2.05) is 36.4 Å². The predicted octanol–water partition coefficient (Wildman–Crippen LogP) is 6.22. The first-order valence-corrected chi connectivity index (χ1v) is 11.5. The van der Waals surface area contributed by atoms with Crippen LogP contribution in [0.25, 0.3) is 0 Å². The number of carbonyl (C=O) groups is 2. The number of rotatable bonds is 8. The van der Waals surface area contributed by atoms with Crippen molar-refractivity contribution in [3.8, 4) is 0 Å². The largest absolute Gasteiger partial charge is 0.459 e. The van der Waals surface area contributed by atoms with E-state index in [1.54, 1.807) is 37.3 Å². The van der Waals surface area contributed by atoms with Crippen molar-refractivity contribution in [3.63, 3.8) is 0 Å². The molecule has 2 N–H and O–H groups in total. The summed E-state index contributed by atoms with van der Waals surface area (Å²) in [7, 11) is 0. The fourth-order valence-corrected chi connectivity index (χ4v) is 4.47. The smallest absolute Gasteiger partial charge is 0.291 e. The molecule has 3 aromatic carbocycles. The lowest BCUT2D eigenvalue weighted by Gasteiger charge is -2.18. The molecule has 0 fully saturated rings. The monoisotopic (exact) mass is 487 g/mol. The predicted molar refractivity (Wildman–Crippen MR) is 135 cm³/mol. The standard InChI is InChI=1S/C26H21N3O5S/c1-17-15-20(29(32)33)12-13-22(17)28-26(31)24(18-7-3-2-4-8-18)35-21-10-5-9-19(16-21)27-25(30)23-11-6-14-34-23/h2-16,24H,1H3,(H,27,30)(H,28,31). The highest BCUT2D eigenvalue weighted by atomic mass is 32.2. The molecular weight excluding hydrogens is 466 g/mol. The fourth-order valence-electron chi connectivity index (χ4n) is 3.38. The molecule has 0 saturated heterocycles. The molecule has 4 rings (SSSR count). The third-order valence-corrected chi connectivity index (χ3v) is 6.36. The van der Waals surface area contributed by atoms with Crippen molar-refractivity contribution in [2.45, 2.75) is 17.1 Å². The molecule has 0 saturated carbocycles. The van der Waals surface area contributed by atoms with Gasteiger partial charge in [-0.3, -0.25) is 19.7 Å². The number of nitro groups is 1. The summed E-state index contributed by atoms with van der Waals surface area (Å²) < 4.78 is 5.13. The van der Waals surface area contributed by atoms with Gasteiger partial charge >= 0.3 is 0 Å². The molecule has 4 aromatic rings. The van der Waals surface area contributed by atoms with Gasteiger partial charge in [-0.15, -0.1) is 11.8 Å². The van der Waals surface area contributed by atoms with Gasteiger partial charge in [0.2, 0.25) is 5.91 Å². The van der Waals surface area contributed by atoms with Crippen LogP contribution in [0, 0.1) is 17.0 Å². The quantitative estimate of drug-likeness (QED) is 0.173. The number of furan rings is 1. The van der Waals surface area contributed by atoms with E-state index in [1.165, 1.54) is 36.2 Å². The van der Waals surface area contributed by atoms with E-state index in [4.69, 9.17) is 4.42 Å². The summed E-state index contributed by atoms with van der Waals surface area (Å²) in [6.07, 6.45) is 1.43. The maximum absolute atomic E-state index is 13.4. The molecule has 0 bridgehead atoms. The molecule has 0 spiro atoms. The normalized spacial score (nSPS) is 11.5. The van der Waals surface area contributed by atoms with Crippen LogP contribution in [-0.2, 0) is 4.79 Å². The van der Waals surface area contributed by atoms with Crippen molar-refractivity contribution in [3.05, 3.63) is 118 Å². The van der Waals surface area contributed by atoms with Crippen molar-refractivity contribution in [2.24, 2.45) is 0 Å². The van der Waals surface area contributed by atoms with Gasteiger partial charge in [0.1, 0.15) is 5.25 Å². The average molecular weight is 488 g/mol. The Balaban J connectivity index is 1.56. The summed E-state index contributed by atoms with van der Waals surface area (Å²) in [6, 6.07) is 24.0. The molecule has 1 aromatic heterocycles. The third-order valence-electron chi connectivity index (χ3n) is 5.11. The number of benzene rings is 3. The van der Waals surface area contributed by atoms with Crippen molar-refractivity contribution in [1.29, 1.82) is 0 Å². The number of hydrogen-bond donors (Lipinski definition) is 2. The molecule has 0 aliphatic rings. The first-order chi connectivity index (χ1) is 16.9. The molecule has 35 heavy (non-hydrogen) atoms. The highest BCUT2D eigenvalue weighted by Gasteiger charge is 2.23. The number of nitrogens with zero attached hydrogens (tertiary/aromatic N) is 1. The van der Waals surface area contributed by atoms with E-state index >= 15 is 0 Å². The Bertz CT molecular complexity index is 1360. The SMILES string of the molecule is Cc1cc([N+](=O)[O-])ccc1NC(=O)C(Sc1cccc(NC(=O)c2ccco2)c1)c1ccccc1. The molecule has 2 amide bonds. The van der Waals surface area contributed by atoms with E-state index in [-0.39, 0.29) is 23.3 Å². The molecule has 0 radical (unpaired) electrons. The number of anilines is 2. The lowest BCUT2D eigenvalue weighted by atomic mass is 10.1. The Labute approximate surface area is 205 Å². The van der Waals surface area contributed by atoms with Crippen LogP contribution < -0.4 is 10.6 Å². The number of non-ortho nitro benzene ring substituents is 1. The van der Waals surface area contributed by atoms with Gasteiger partial charge in [-0.1, -0.05) is 36.4 Å². The summed E-state index contributed by atoms with van der Waals surface area (Å²) in [5, 5.41) is 16.1. The first-order valence-electron chi connectivity index (χ1n) is 10.6. The topological polar surface area (TPSA) is 114 Å². The Hall–Kier alpha value is -4.37. The number of amides is 2. The number of aryl methyl sites for hydroxylation is 1. The van der Waals surface area contributed by atoms with Gasteiger partial charge in [0.15, 0.2) is 5.76 Å². The summed E-state index contributed by atoms with van der Waals surface area (Å²) in [5.41, 5.74) is 2.41. The zero-order valence-electron chi connectivity index (χ0n) is 18.6. The van der Waals surface area contributed by atoms with Crippen LogP contribution in [0.15, 0.2) is 101 Å². The number of hydrogen-bond acceptors (Lipinski definition) is 6. The van der Waals surface area contributed by atoms with Gasteiger partial charge in [-0.2, -0.15) is 0 Å². The molecule has 176 valence electrons. The van der Waals surface area contributed by atoms with Gasteiger partial charge in [0, 0.05) is 28.4 Å². The number of carbonyl (C=O) groups excluding carboxylic acids is 2. The van der Waals surface area contributed by atoms with E-state index in [0.717, 1.165) is 10.5 Å². The molecule has 1 atom stereocenters. The second-order valence-electron chi connectivity index (χ2n) is 7.61. The summed E-state index contributed by atoms with van der Waals surface area (Å²) >= 11 is 1.33. The zero-order valence-corrected chi connectivity index (χ0v) is 19.5. The minimum atomic E-state index is -0.609. The Morgan fingerprint density at radius 1 is 0.943 bits per heavy atom. The summed E-state index contributed by atoms with van der Waals surface area (Å²) in [6.45, 7) is 1.71. The lowest BCUT2D eigenvalue weighted by Crippen LogP contribution is -2.19. The van der Waals surface area contributed by atoms with Crippen LogP contribution in [0.4, 0.5) is 17.1 Å². The Morgan fingerprint density at radius 3 is 2.43 bits per heavy atom. The Kier molecular flexibility index (Phi) is 7.27. The first kappa shape index (κ1) is 23.8. The van der Waals surface area contributed by atoms with Gasteiger partial charge in [0.25, 0.3) is 11.6 Å². The molecule has 0 aliphatic carbocycles. The van der Waals surface area contributed by atoms with Crippen LogP contribution in [0.1, 0.15) is 26.9 Å². The maximum atomic E-state index is 13.4. The van der Waals surface area contributed by atoms with E-state index in [0.29, 0.717) is 16.9 Å². The van der Waals surface area contributed by atoms with E-state index < -0.39 is 10.2 Å². The molecule has 1 unspecified atom stereocenters. The van der Waals surface area contributed by atoms with Gasteiger partial charge < -0.3 is 15.1 Å².